The zero-order valence-electron chi connectivity index (χ0n) is 12.3. The summed E-state index contributed by atoms with van der Waals surface area (Å²) in [6, 6.07) is 6.79. The fourth-order valence-electron chi connectivity index (χ4n) is 1.81. The topological polar surface area (TPSA) is 72.6 Å². The number of aromatic hydroxyl groups is 1. The third kappa shape index (κ3) is 3.25. The van der Waals surface area contributed by atoms with Gasteiger partial charge in [-0.15, -0.1) is 5.11 Å². The van der Waals surface area contributed by atoms with Crippen LogP contribution in [0.1, 0.15) is 0 Å². The molecule has 7 heteroatoms. The van der Waals surface area contributed by atoms with Gasteiger partial charge < -0.3 is 19.3 Å². The Morgan fingerprint density at radius 3 is 2.05 bits per heavy atom. The summed E-state index contributed by atoms with van der Waals surface area (Å²) < 4.78 is 29.2. The quantitative estimate of drug-likeness (QED) is 0.848. The van der Waals surface area contributed by atoms with Crippen LogP contribution < -0.4 is 14.2 Å². The molecule has 22 heavy (non-hydrogen) atoms. The van der Waals surface area contributed by atoms with E-state index in [9.17, 15) is 4.39 Å². The molecule has 116 valence electrons. The Bertz CT molecular complexity index is 679. The van der Waals surface area contributed by atoms with Crippen LogP contribution in [-0.4, -0.2) is 26.4 Å². The summed E-state index contributed by atoms with van der Waals surface area (Å²) in [6.07, 6.45) is 0. The number of methoxy groups -OCH3 is 3. The van der Waals surface area contributed by atoms with E-state index in [1.54, 1.807) is 12.1 Å². The minimum Gasteiger partial charge on any atom is -0.508 e. The Morgan fingerprint density at radius 1 is 0.909 bits per heavy atom. The number of phenols is 1. The number of ether oxygens (including phenoxy) is 3. The second-order valence-electron chi connectivity index (χ2n) is 4.22. The van der Waals surface area contributed by atoms with Crippen molar-refractivity contribution in [3.63, 3.8) is 0 Å². The van der Waals surface area contributed by atoms with E-state index in [2.05, 4.69) is 10.2 Å². The van der Waals surface area contributed by atoms with Crippen molar-refractivity contribution in [3.8, 4) is 23.0 Å². The van der Waals surface area contributed by atoms with Gasteiger partial charge >= 0.3 is 0 Å². The molecular formula is C15H15FN2O4. The van der Waals surface area contributed by atoms with Crippen molar-refractivity contribution in [2.75, 3.05) is 21.3 Å². The van der Waals surface area contributed by atoms with Crippen LogP contribution in [0.15, 0.2) is 40.6 Å². The molecule has 0 heterocycles. The van der Waals surface area contributed by atoms with Crippen molar-refractivity contribution in [1.82, 2.24) is 0 Å². The van der Waals surface area contributed by atoms with Gasteiger partial charge in [0.25, 0.3) is 0 Å². The standard InChI is InChI=1S/C15H15FN2O4/c1-20-13-6-9(7-14(21-2)15(13)22-3)17-18-12-5-4-10(19)8-11(12)16/h4-8,19H,1-3H3/b18-17+. The van der Waals surface area contributed by atoms with Crippen molar-refractivity contribution >= 4 is 11.4 Å². The van der Waals surface area contributed by atoms with E-state index >= 15 is 0 Å². The number of nitrogens with zero attached hydrogens (tertiary/aromatic N) is 2. The smallest absolute Gasteiger partial charge is 0.203 e. The van der Waals surface area contributed by atoms with Crippen LogP contribution >= 0.6 is 0 Å². The fraction of sp³-hybridized carbons (Fsp3) is 0.200. The highest BCUT2D eigenvalue weighted by Gasteiger charge is 2.13. The molecule has 0 saturated heterocycles. The first-order valence-electron chi connectivity index (χ1n) is 6.29. The van der Waals surface area contributed by atoms with Gasteiger partial charge in [-0.05, 0) is 12.1 Å². The van der Waals surface area contributed by atoms with E-state index < -0.39 is 5.82 Å². The zero-order chi connectivity index (χ0) is 16.1. The predicted molar refractivity (Wildman–Crippen MR) is 78.3 cm³/mol. The molecule has 2 aromatic carbocycles. The summed E-state index contributed by atoms with van der Waals surface area (Å²) in [5, 5.41) is 16.9. The molecule has 1 N–H and O–H groups in total. The highest BCUT2D eigenvalue weighted by Crippen LogP contribution is 2.41. The minimum absolute atomic E-state index is 0.00607. The number of azo groups is 1. The number of benzene rings is 2. The van der Waals surface area contributed by atoms with Crippen molar-refractivity contribution in [1.29, 1.82) is 0 Å². The Kier molecular flexibility index (Phi) is 4.77. The first-order valence-corrected chi connectivity index (χ1v) is 6.29. The molecule has 0 aliphatic rings. The van der Waals surface area contributed by atoms with Crippen LogP contribution in [0.4, 0.5) is 15.8 Å². The monoisotopic (exact) mass is 306 g/mol. The van der Waals surface area contributed by atoms with Gasteiger partial charge in [0, 0.05) is 18.2 Å². The first kappa shape index (κ1) is 15.6. The molecule has 6 nitrogen and oxygen atoms in total. The van der Waals surface area contributed by atoms with Crippen molar-refractivity contribution in [2.45, 2.75) is 0 Å². The Balaban J connectivity index is 2.38. The number of rotatable bonds is 5. The number of hydrogen-bond acceptors (Lipinski definition) is 6. The maximum atomic E-state index is 13.6. The van der Waals surface area contributed by atoms with Gasteiger partial charge in [-0.3, -0.25) is 0 Å². The summed E-state index contributed by atoms with van der Waals surface area (Å²) in [6.45, 7) is 0. The van der Waals surface area contributed by atoms with Crippen molar-refractivity contribution in [3.05, 3.63) is 36.1 Å². The lowest BCUT2D eigenvalue weighted by molar-refractivity contribution is 0.324. The van der Waals surface area contributed by atoms with Gasteiger partial charge in [0.2, 0.25) is 5.75 Å². The zero-order valence-corrected chi connectivity index (χ0v) is 12.3. The summed E-state index contributed by atoms with van der Waals surface area (Å²) in [5.74, 6) is 0.421. The number of halogens is 1. The molecule has 0 aliphatic heterocycles. The Labute approximate surface area is 126 Å². The highest BCUT2D eigenvalue weighted by atomic mass is 19.1. The van der Waals surface area contributed by atoms with Crippen LogP contribution in [0.25, 0.3) is 0 Å². The molecule has 0 aromatic heterocycles. The lowest BCUT2D eigenvalue weighted by Gasteiger charge is -2.12. The normalized spacial score (nSPS) is 10.7. The molecule has 2 rings (SSSR count). The molecule has 2 aromatic rings. The van der Waals surface area contributed by atoms with E-state index in [4.69, 9.17) is 19.3 Å². The van der Waals surface area contributed by atoms with Crippen LogP contribution in [0.2, 0.25) is 0 Å². The molecule has 0 fully saturated rings. The largest absolute Gasteiger partial charge is 0.508 e. The van der Waals surface area contributed by atoms with Crippen LogP contribution in [-0.2, 0) is 0 Å². The van der Waals surface area contributed by atoms with Crippen LogP contribution in [0, 0.1) is 5.82 Å². The Hall–Kier alpha value is -2.83. The average Bonchev–Trinajstić information content (AvgIpc) is 2.52. The lowest BCUT2D eigenvalue weighted by Crippen LogP contribution is -1.94. The van der Waals surface area contributed by atoms with Gasteiger partial charge in [0.1, 0.15) is 11.4 Å². The van der Waals surface area contributed by atoms with E-state index in [1.165, 1.54) is 33.5 Å². The maximum Gasteiger partial charge on any atom is 0.203 e. The number of hydrogen-bond donors (Lipinski definition) is 1. The van der Waals surface area contributed by atoms with E-state index in [0.29, 0.717) is 22.9 Å². The van der Waals surface area contributed by atoms with E-state index in [-0.39, 0.29) is 11.4 Å². The minimum atomic E-state index is -0.670. The Morgan fingerprint density at radius 2 is 1.55 bits per heavy atom. The lowest BCUT2D eigenvalue weighted by atomic mass is 10.2. The molecule has 0 radical (unpaired) electrons. The molecule has 0 unspecified atom stereocenters. The SMILES string of the molecule is COc1cc(/N=N/c2ccc(O)cc2F)cc(OC)c1OC. The van der Waals surface area contributed by atoms with Crippen LogP contribution in [0.3, 0.4) is 0 Å². The van der Waals surface area contributed by atoms with Crippen molar-refractivity contribution in [2.24, 2.45) is 10.2 Å². The van der Waals surface area contributed by atoms with Gasteiger partial charge in [-0.2, -0.15) is 5.11 Å². The third-order valence-corrected chi connectivity index (χ3v) is 2.85. The molecule has 0 saturated carbocycles. The fourth-order valence-corrected chi connectivity index (χ4v) is 1.81. The highest BCUT2D eigenvalue weighted by molar-refractivity contribution is 5.60. The number of phenolic OH excluding ortho intramolecular Hbond substituents is 1. The van der Waals surface area contributed by atoms with E-state index in [1.807, 2.05) is 0 Å². The third-order valence-electron chi connectivity index (χ3n) is 2.85. The van der Waals surface area contributed by atoms with Crippen molar-refractivity contribution < 1.29 is 23.7 Å². The van der Waals surface area contributed by atoms with Gasteiger partial charge in [0.15, 0.2) is 17.3 Å². The average molecular weight is 306 g/mol. The molecule has 0 amide bonds. The molecule has 0 atom stereocenters. The second-order valence-corrected chi connectivity index (χ2v) is 4.22. The summed E-state index contributed by atoms with van der Waals surface area (Å²) >= 11 is 0. The van der Waals surface area contributed by atoms with Gasteiger partial charge in [0.05, 0.1) is 27.0 Å². The first-order chi connectivity index (χ1) is 10.6. The van der Waals surface area contributed by atoms with E-state index in [0.717, 1.165) is 6.07 Å². The maximum absolute atomic E-state index is 13.6. The predicted octanol–water partition coefficient (Wildman–Crippen LogP) is 3.97. The molecule has 0 spiro atoms. The molecule has 0 bridgehead atoms. The summed E-state index contributed by atoms with van der Waals surface area (Å²) in [7, 11) is 4.46. The summed E-state index contributed by atoms with van der Waals surface area (Å²) in [5.41, 5.74) is 0.411. The summed E-state index contributed by atoms with van der Waals surface area (Å²) in [4.78, 5) is 0. The van der Waals surface area contributed by atoms with Gasteiger partial charge in [-0.25, -0.2) is 4.39 Å². The molecule has 0 aliphatic carbocycles. The molecular weight excluding hydrogens is 291 g/mol. The second kappa shape index (κ2) is 6.75. The van der Waals surface area contributed by atoms with Crippen LogP contribution in [0.5, 0.6) is 23.0 Å². The van der Waals surface area contributed by atoms with Gasteiger partial charge in [-0.1, -0.05) is 0 Å².